The molecule has 0 saturated carbocycles. The van der Waals surface area contributed by atoms with Gasteiger partial charge in [-0.3, -0.25) is 9.67 Å². The van der Waals surface area contributed by atoms with Crippen LogP contribution in [0.5, 0.6) is 0 Å². The van der Waals surface area contributed by atoms with Crippen molar-refractivity contribution in [2.24, 2.45) is 0 Å². The highest BCUT2D eigenvalue weighted by atomic mass is 32.1. The maximum atomic E-state index is 8.99. The number of benzene rings is 1. The molecule has 0 spiro atoms. The number of rotatable bonds is 2. The van der Waals surface area contributed by atoms with Crippen molar-refractivity contribution in [2.75, 3.05) is 0 Å². The lowest BCUT2D eigenvalue weighted by Gasteiger charge is -2.12. The van der Waals surface area contributed by atoms with Gasteiger partial charge in [0.1, 0.15) is 5.82 Å². The lowest BCUT2D eigenvalue weighted by Crippen LogP contribution is -2.05. The summed E-state index contributed by atoms with van der Waals surface area (Å²) in [5, 5.41) is 16.1. The summed E-state index contributed by atoms with van der Waals surface area (Å²) < 4.78 is 2.45. The summed E-state index contributed by atoms with van der Waals surface area (Å²) in [7, 11) is 0. The number of nitrogens with one attached hydrogen (secondary N) is 1. The number of H-pyrrole nitrogens is 1. The molecule has 0 aliphatic rings. The van der Waals surface area contributed by atoms with Crippen LogP contribution in [0.15, 0.2) is 18.2 Å². The molecule has 18 heavy (non-hydrogen) atoms. The number of aromatic nitrogens is 3. The highest BCUT2D eigenvalue weighted by Crippen LogP contribution is 2.21. The molecule has 4 nitrogen and oxygen atoms in total. The van der Waals surface area contributed by atoms with Gasteiger partial charge >= 0.3 is 0 Å². The molecule has 0 saturated heterocycles. The first kappa shape index (κ1) is 12.5. The number of hydrogen-bond donors (Lipinski definition) is 1. The van der Waals surface area contributed by atoms with Gasteiger partial charge in [0, 0.05) is 5.92 Å². The molecule has 1 heterocycles. The van der Waals surface area contributed by atoms with E-state index < -0.39 is 0 Å². The first-order chi connectivity index (χ1) is 8.54. The fraction of sp³-hybridized carbons (Fsp3) is 0.308. The van der Waals surface area contributed by atoms with Crippen LogP contribution >= 0.6 is 12.2 Å². The Labute approximate surface area is 111 Å². The second kappa shape index (κ2) is 4.75. The molecule has 0 aliphatic carbocycles. The average molecular weight is 258 g/mol. The van der Waals surface area contributed by atoms with Gasteiger partial charge in [0.15, 0.2) is 4.77 Å². The normalized spacial score (nSPS) is 10.6. The minimum atomic E-state index is 0.253. The SMILES string of the molecule is Cc1ccc(C#N)cc1-n1c(C(C)C)n[nH]c1=S. The summed E-state index contributed by atoms with van der Waals surface area (Å²) in [5.74, 6) is 1.13. The summed E-state index contributed by atoms with van der Waals surface area (Å²) in [6.07, 6.45) is 0. The second-order valence-corrected chi connectivity index (χ2v) is 4.88. The maximum absolute atomic E-state index is 8.99. The first-order valence-electron chi connectivity index (χ1n) is 5.73. The van der Waals surface area contributed by atoms with Crippen molar-refractivity contribution in [2.45, 2.75) is 26.7 Å². The minimum Gasteiger partial charge on any atom is -0.272 e. The topological polar surface area (TPSA) is 57.4 Å². The highest BCUT2D eigenvalue weighted by molar-refractivity contribution is 7.71. The van der Waals surface area contributed by atoms with Crippen LogP contribution in [-0.2, 0) is 0 Å². The summed E-state index contributed by atoms with van der Waals surface area (Å²) in [4.78, 5) is 0. The summed E-state index contributed by atoms with van der Waals surface area (Å²) in [6.45, 7) is 6.12. The number of nitriles is 1. The number of aryl methyl sites for hydroxylation is 1. The standard InChI is InChI=1S/C13H14N4S/c1-8(2)12-15-16-13(18)17(12)11-6-10(7-14)5-4-9(11)3/h4-6,8H,1-3H3,(H,16,18). The maximum Gasteiger partial charge on any atom is 0.199 e. The monoisotopic (exact) mass is 258 g/mol. The number of nitrogens with zero attached hydrogens (tertiary/aromatic N) is 3. The molecule has 0 atom stereocenters. The fourth-order valence-corrected chi connectivity index (χ4v) is 2.09. The van der Waals surface area contributed by atoms with E-state index in [1.54, 1.807) is 6.07 Å². The minimum absolute atomic E-state index is 0.253. The van der Waals surface area contributed by atoms with Crippen LogP contribution in [0.1, 0.15) is 36.7 Å². The van der Waals surface area contributed by atoms with Gasteiger partial charge in [0.25, 0.3) is 0 Å². The molecule has 5 heteroatoms. The smallest absolute Gasteiger partial charge is 0.199 e. The highest BCUT2D eigenvalue weighted by Gasteiger charge is 2.13. The zero-order valence-electron chi connectivity index (χ0n) is 10.6. The quantitative estimate of drug-likeness (QED) is 0.841. The van der Waals surface area contributed by atoms with Gasteiger partial charge in [0.2, 0.25) is 0 Å². The van der Waals surface area contributed by atoms with Gasteiger partial charge in [0.05, 0.1) is 17.3 Å². The molecule has 92 valence electrons. The van der Waals surface area contributed by atoms with Crippen molar-refractivity contribution in [1.82, 2.24) is 14.8 Å². The predicted molar refractivity (Wildman–Crippen MR) is 72.3 cm³/mol. The summed E-state index contributed by atoms with van der Waals surface area (Å²) in [6, 6.07) is 7.71. The Hall–Kier alpha value is -1.93. The lowest BCUT2D eigenvalue weighted by atomic mass is 10.1. The van der Waals surface area contributed by atoms with Crippen LogP contribution in [0.3, 0.4) is 0 Å². The molecule has 2 rings (SSSR count). The van der Waals surface area contributed by atoms with E-state index in [1.165, 1.54) is 0 Å². The molecule has 0 amide bonds. The van der Waals surface area contributed by atoms with E-state index in [0.29, 0.717) is 10.3 Å². The van der Waals surface area contributed by atoms with E-state index in [-0.39, 0.29) is 5.92 Å². The first-order valence-corrected chi connectivity index (χ1v) is 6.14. The van der Waals surface area contributed by atoms with E-state index in [4.69, 9.17) is 17.5 Å². The molecule has 0 unspecified atom stereocenters. The zero-order valence-corrected chi connectivity index (χ0v) is 11.4. The van der Waals surface area contributed by atoms with Crippen molar-refractivity contribution in [3.05, 3.63) is 39.9 Å². The third-order valence-corrected chi connectivity index (χ3v) is 3.07. The average Bonchev–Trinajstić information content (AvgIpc) is 2.72. The second-order valence-electron chi connectivity index (χ2n) is 4.49. The van der Waals surface area contributed by atoms with Gasteiger partial charge < -0.3 is 0 Å². The van der Waals surface area contributed by atoms with Gasteiger partial charge in [-0.1, -0.05) is 19.9 Å². The van der Waals surface area contributed by atoms with E-state index in [2.05, 4.69) is 30.1 Å². The summed E-state index contributed by atoms with van der Waals surface area (Å²) in [5.41, 5.74) is 2.60. The molecule has 1 aromatic carbocycles. The Morgan fingerprint density at radius 2 is 2.17 bits per heavy atom. The van der Waals surface area contributed by atoms with Crippen molar-refractivity contribution in [3.63, 3.8) is 0 Å². The van der Waals surface area contributed by atoms with Crippen molar-refractivity contribution < 1.29 is 0 Å². The van der Waals surface area contributed by atoms with E-state index in [0.717, 1.165) is 17.1 Å². The van der Waals surface area contributed by atoms with Gasteiger partial charge in [-0.25, -0.2) is 0 Å². The Bertz CT molecular complexity index is 673. The molecular weight excluding hydrogens is 244 g/mol. The van der Waals surface area contributed by atoms with Gasteiger partial charge in [-0.2, -0.15) is 10.4 Å². The van der Waals surface area contributed by atoms with Crippen LogP contribution in [0, 0.1) is 23.0 Å². The van der Waals surface area contributed by atoms with E-state index in [9.17, 15) is 0 Å². The van der Waals surface area contributed by atoms with Crippen molar-refractivity contribution in [3.8, 4) is 11.8 Å². The molecule has 1 N–H and O–H groups in total. The van der Waals surface area contributed by atoms with Crippen LogP contribution in [0.2, 0.25) is 0 Å². The molecule has 0 fully saturated rings. The van der Waals surface area contributed by atoms with Crippen LogP contribution in [0.4, 0.5) is 0 Å². The predicted octanol–water partition coefficient (Wildman–Crippen LogP) is 3.23. The largest absolute Gasteiger partial charge is 0.272 e. The van der Waals surface area contributed by atoms with Crippen LogP contribution < -0.4 is 0 Å². The molecule has 0 bridgehead atoms. The molecule has 1 aromatic heterocycles. The van der Waals surface area contributed by atoms with Gasteiger partial charge in [-0.05, 0) is 36.8 Å². The third kappa shape index (κ3) is 2.07. The summed E-state index contributed by atoms with van der Waals surface area (Å²) >= 11 is 5.28. The molecule has 2 aromatic rings. The lowest BCUT2D eigenvalue weighted by molar-refractivity contribution is 0.743. The van der Waals surface area contributed by atoms with Crippen molar-refractivity contribution in [1.29, 1.82) is 5.26 Å². The number of aromatic amines is 1. The zero-order chi connectivity index (χ0) is 13.3. The third-order valence-electron chi connectivity index (χ3n) is 2.79. The Morgan fingerprint density at radius 3 is 2.78 bits per heavy atom. The van der Waals surface area contributed by atoms with Crippen LogP contribution in [-0.4, -0.2) is 14.8 Å². The van der Waals surface area contributed by atoms with Crippen molar-refractivity contribution >= 4 is 12.2 Å². The van der Waals surface area contributed by atoms with Gasteiger partial charge in [-0.15, -0.1) is 0 Å². The van der Waals surface area contributed by atoms with E-state index in [1.807, 2.05) is 23.6 Å². The number of hydrogen-bond acceptors (Lipinski definition) is 3. The Morgan fingerprint density at radius 1 is 1.44 bits per heavy atom. The van der Waals surface area contributed by atoms with Crippen LogP contribution in [0.25, 0.3) is 5.69 Å². The molecule has 0 radical (unpaired) electrons. The molecular formula is C13H14N4S. The molecule has 0 aliphatic heterocycles. The Balaban J connectivity index is 2.73. The fourth-order valence-electron chi connectivity index (χ4n) is 1.85. The Kier molecular flexibility index (Phi) is 3.30. The van der Waals surface area contributed by atoms with E-state index >= 15 is 0 Å².